The summed E-state index contributed by atoms with van der Waals surface area (Å²) < 4.78 is 1.96. The van der Waals surface area contributed by atoms with E-state index in [1.54, 1.807) is 0 Å². The van der Waals surface area contributed by atoms with Crippen molar-refractivity contribution >= 4 is 0 Å². The van der Waals surface area contributed by atoms with E-state index in [0.29, 0.717) is 0 Å². The number of aromatic nitrogens is 2. The van der Waals surface area contributed by atoms with Gasteiger partial charge in [0.2, 0.25) is 0 Å². The van der Waals surface area contributed by atoms with Gasteiger partial charge >= 0.3 is 0 Å². The molecule has 86 valence electrons. The third-order valence-electron chi connectivity index (χ3n) is 2.28. The van der Waals surface area contributed by atoms with Gasteiger partial charge in [-0.25, -0.2) is 0 Å². The van der Waals surface area contributed by atoms with Crippen molar-refractivity contribution in [1.29, 1.82) is 0 Å². The number of nitrogens with one attached hydrogen (secondary N) is 1. The van der Waals surface area contributed by atoms with E-state index in [9.17, 15) is 0 Å². The Bertz CT molecular complexity index is 267. The Morgan fingerprint density at radius 1 is 1.47 bits per heavy atom. The summed E-state index contributed by atoms with van der Waals surface area (Å²) in [4.78, 5) is 2.20. The summed E-state index contributed by atoms with van der Waals surface area (Å²) in [7, 11) is 4.20. The highest BCUT2D eigenvalue weighted by Gasteiger charge is 1.97. The van der Waals surface area contributed by atoms with Crippen LogP contribution in [0.3, 0.4) is 0 Å². The van der Waals surface area contributed by atoms with Gasteiger partial charge < -0.3 is 10.2 Å². The summed E-state index contributed by atoms with van der Waals surface area (Å²) in [6.07, 6.45) is 3.21. The highest BCUT2D eigenvalue weighted by molar-refractivity contribution is 4.98. The van der Waals surface area contributed by atoms with E-state index in [1.807, 2.05) is 10.9 Å². The molecule has 15 heavy (non-hydrogen) atoms. The minimum absolute atomic E-state index is 0.875. The highest BCUT2D eigenvalue weighted by atomic mass is 15.3. The zero-order chi connectivity index (χ0) is 11.1. The van der Waals surface area contributed by atoms with Crippen molar-refractivity contribution in [2.45, 2.75) is 26.4 Å². The second-order valence-corrected chi connectivity index (χ2v) is 4.00. The Morgan fingerprint density at radius 3 is 2.87 bits per heavy atom. The van der Waals surface area contributed by atoms with Crippen molar-refractivity contribution in [2.24, 2.45) is 0 Å². The molecule has 0 aromatic carbocycles. The molecule has 0 atom stereocenters. The molecule has 1 aromatic rings. The lowest BCUT2D eigenvalue weighted by molar-refractivity contribution is 0.394. The molecule has 1 rings (SSSR count). The SMILES string of the molecule is CCn1ccc(CNCCCN(C)C)n1. The molecule has 1 aromatic heterocycles. The van der Waals surface area contributed by atoms with Gasteiger partial charge in [0.25, 0.3) is 0 Å². The molecule has 4 nitrogen and oxygen atoms in total. The van der Waals surface area contributed by atoms with Crippen LogP contribution in [0.5, 0.6) is 0 Å². The summed E-state index contributed by atoms with van der Waals surface area (Å²) in [5.74, 6) is 0. The minimum atomic E-state index is 0.875. The number of aryl methyl sites for hydroxylation is 1. The van der Waals surface area contributed by atoms with Crippen LogP contribution in [-0.4, -0.2) is 41.9 Å². The van der Waals surface area contributed by atoms with Crippen LogP contribution in [0.2, 0.25) is 0 Å². The standard InChI is InChI=1S/C11H22N4/c1-4-15-9-6-11(13-15)10-12-7-5-8-14(2)3/h6,9,12H,4-5,7-8,10H2,1-3H3. The van der Waals surface area contributed by atoms with Crippen LogP contribution in [0.4, 0.5) is 0 Å². The van der Waals surface area contributed by atoms with E-state index in [0.717, 1.165) is 31.9 Å². The second-order valence-electron chi connectivity index (χ2n) is 4.00. The number of nitrogens with zero attached hydrogens (tertiary/aromatic N) is 3. The summed E-state index contributed by atoms with van der Waals surface area (Å²) in [6.45, 7) is 6.11. The van der Waals surface area contributed by atoms with Crippen LogP contribution in [0, 0.1) is 0 Å². The molecule has 0 bridgehead atoms. The first kappa shape index (κ1) is 12.2. The molecular formula is C11H22N4. The molecule has 0 fully saturated rings. The van der Waals surface area contributed by atoms with Gasteiger partial charge in [0, 0.05) is 19.3 Å². The van der Waals surface area contributed by atoms with Crippen LogP contribution in [-0.2, 0) is 13.1 Å². The van der Waals surface area contributed by atoms with Gasteiger partial charge in [-0.1, -0.05) is 0 Å². The molecular weight excluding hydrogens is 188 g/mol. The van der Waals surface area contributed by atoms with Gasteiger partial charge in [-0.15, -0.1) is 0 Å². The fraction of sp³-hybridized carbons (Fsp3) is 0.727. The molecule has 0 radical (unpaired) electrons. The van der Waals surface area contributed by atoms with Crippen LogP contribution >= 0.6 is 0 Å². The van der Waals surface area contributed by atoms with E-state index in [1.165, 1.54) is 6.42 Å². The Kier molecular flexibility index (Phi) is 5.36. The van der Waals surface area contributed by atoms with E-state index in [-0.39, 0.29) is 0 Å². The zero-order valence-electron chi connectivity index (χ0n) is 10.0. The lowest BCUT2D eigenvalue weighted by Gasteiger charge is -2.08. The first-order chi connectivity index (χ1) is 7.22. The average molecular weight is 210 g/mol. The maximum Gasteiger partial charge on any atom is 0.0762 e. The number of hydrogen-bond donors (Lipinski definition) is 1. The Hall–Kier alpha value is -0.870. The van der Waals surface area contributed by atoms with Crippen molar-refractivity contribution in [3.05, 3.63) is 18.0 Å². The normalized spacial score (nSPS) is 11.2. The third-order valence-corrected chi connectivity index (χ3v) is 2.28. The van der Waals surface area contributed by atoms with Crippen molar-refractivity contribution in [1.82, 2.24) is 20.0 Å². The largest absolute Gasteiger partial charge is 0.311 e. The molecule has 1 heterocycles. The third kappa shape index (κ3) is 4.95. The molecule has 0 spiro atoms. The van der Waals surface area contributed by atoms with Crippen molar-refractivity contribution < 1.29 is 0 Å². The number of hydrogen-bond acceptors (Lipinski definition) is 3. The van der Waals surface area contributed by atoms with E-state index >= 15 is 0 Å². The lowest BCUT2D eigenvalue weighted by Crippen LogP contribution is -2.21. The summed E-state index contributed by atoms with van der Waals surface area (Å²) in [5, 5.41) is 7.80. The highest BCUT2D eigenvalue weighted by Crippen LogP contribution is 1.94. The van der Waals surface area contributed by atoms with E-state index in [2.05, 4.69) is 42.4 Å². The van der Waals surface area contributed by atoms with E-state index in [4.69, 9.17) is 0 Å². The predicted molar refractivity (Wildman–Crippen MR) is 62.8 cm³/mol. The Labute approximate surface area is 92.3 Å². The molecule has 0 saturated carbocycles. The van der Waals surface area contributed by atoms with Gasteiger partial charge in [0.05, 0.1) is 5.69 Å². The summed E-state index contributed by atoms with van der Waals surface area (Å²) in [6, 6.07) is 2.07. The Morgan fingerprint density at radius 2 is 2.27 bits per heavy atom. The lowest BCUT2D eigenvalue weighted by atomic mass is 10.4. The first-order valence-electron chi connectivity index (χ1n) is 5.60. The second kappa shape index (κ2) is 6.58. The van der Waals surface area contributed by atoms with Crippen molar-refractivity contribution in [3.63, 3.8) is 0 Å². The van der Waals surface area contributed by atoms with Gasteiger partial charge in [0.15, 0.2) is 0 Å². The fourth-order valence-electron chi connectivity index (χ4n) is 1.41. The molecule has 0 aliphatic rings. The maximum absolute atomic E-state index is 4.41. The molecule has 0 saturated heterocycles. The number of rotatable bonds is 7. The fourth-order valence-corrected chi connectivity index (χ4v) is 1.41. The minimum Gasteiger partial charge on any atom is -0.311 e. The predicted octanol–water partition coefficient (Wildman–Crippen LogP) is 0.944. The van der Waals surface area contributed by atoms with Crippen molar-refractivity contribution in [3.8, 4) is 0 Å². The molecule has 4 heteroatoms. The van der Waals surface area contributed by atoms with Gasteiger partial charge in [0.1, 0.15) is 0 Å². The van der Waals surface area contributed by atoms with Gasteiger partial charge in [-0.3, -0.25) is 4.68 Å². The van der Waals surface area contributed by atoms with E-state index < -0.39 is 0 Å². The average Bonchev–Trinajstić information content (AvgIpc) is 2.65. The van der Waals surface area contributed by atoms with Crippen LogP contribution < -0.4 is 5.32 Å². The zero-order valence-corrected chi connectivity index (χ0v) is 10.0. The molecule has 0 unspecified atom stereocenters. The molecule has 0 aliphatic heterocycles. The van der Waals surface area contributed by atoms with Crippen LogP contribution in [0.1, 0.15) is 19.0 Å². The maximum atomic E-state index is 4.41. The summed E-state index contributed by atoms with van der Waals surface area (Å²) in [5.41, 5.74) is 1.13. The van der Waals surface area contributed by atoms with Gasteiger partial charge in [-0.05, 0) is 46.6 Å². The van der Waals surface area contributed by atoms with Crippen LogP contribution in [0.25, 0.3) is 0 Å². The monoisotopic (exact) mass is 210 g/mol. The molecule has 1 N–H and O–H groups in total. The Balaban J connectivity index is 2.09. The van der Waals surface area contributed by atoms with Crippen molar-refractivity contribution in [2.75, 3.05) is 27.2 Å². The molecule has 0 aliphatic carbocycles. The quantitative estimate of drug-likeness (QED) is 0.680. The first-order valence-corrected chi connectivity index (χ1v) is 5.60. The smallest absolute Gasteiger partial charge is 0.0762 e. The molecule has 0 amide bonds. The van der Waals surface area contributed by atoms with Gasteiger partial charge in [-0.2, -0.15) is 5.10 Å². The van der Waals surface area contributed by atoms with Crippen LogP contribution in [0.15, 0.2) is 12.3 Å². The summed E-state index contributed by atoms with van der Waals surface area (Å²) >= 11 is 0. The topological polar surface area (TPSA) is 33.1 Å².